The number of amides is 2. The topological polar surface area (TPSA) is 147 Å². The number of nitrogens with zero attached hydrogens (tertiary/aromatic N) is 3. The summed E-state index contributed by atoms with van der Waals surface area (Å²) in [4.78, 5) is 30.4. The average Bonchev–Trinajstić information content (AvgIpc) is 3.77. The van der Waals surface area contributed by atoms with Crippen molar-refractivity contribution in [2.45, 2.75) is 49.8 Å². The maximum atomic E-state index is 13.9. The van der Waals surface area contributed by atoms with Gasteiger partial charge < -0.3 is 34.3 Å². The number of benzene rings is 2. The number of hydrogen-bond donors (Lipinski definition) is 2. The fourth-order valence-electron chi connectivity index (χ4n) is 6.00. The van der Waals surface area contributed by atoms with Crippen LogP contribution in [-0.4, -0.2) is 130 Å². The molecule has 2 amide bonds. The molecule has 0 aliphatic carbocycles. The molecule has 2 aromatic carbocycles. The summed E-state index contributed by atoms with van der Waals surface area (Å²) in [5.41, 5.74) is 0.870. The van der Waals surface area contributed by atoms with Crippen molar-refractivity contribution in [2.24, 2.45) is 5.92 Å². The molecule has 3 heterocycles. The maximum absolute atomic E-state index is 13.9. The Kier molecular flexibility index (Phi) is 12.1. The van der Waals surface area contributed by atoms with Gasteiger partial charge in [0.15, 0.2) is 11.5 Å². The van der Waals surface area contributed by atoms with Crippen LogP contribution in [-0.2, 0) is 35.5 Å². The molecule has 0 aromatic heterocycles. The predicted octanol–water partition coefficient (Wildman–Crippen LogP) is 1.10. The van der Waals surface area contributed by atoms with Crippen LogP contribution in [0, 0.1) is 5.92 Å². The van der Waals surface area contributed by atoms with Gasteiger partial charge in [-0.2, -0.15) is 4.31 Å². The number of morpholine rings is 1. The van der Waals surface area contributed by atoms with E-state index in [0.717, 1.165) is 5.56 Å². The Hall–Kier alpha value is -3.27. The predicted molar refractivity (Wildman–Crippen MR) is 172 cm³/mol. The largest absolute Gasteiger partial charge is 0.454 e. The van der Waals surface area contributed by atoms with E-state index in [1.807, 2.05) is 49.1 Å². The molecule has 0 unspecified atom stereocenters. The molecule has 258 valence electrons. The number of carbonyl (C=O) groups is 2. The van der Waals surface area contributed by atoms with Gasteiger partial charge in [0.2, 0.25) is 28.6 Å². The molecule has 0 spiro atoms. The third-order valence-corrected chi connectivity index (χ3v) is 10.3. The maximum Gasteiger partial charge on any atom is 0.243 e. The second-order valence-electron chi connectivity index (χ2n) is 12.6. The molecule has 2 N–H and O–H groups in total. The van der Waals surface area contributed by atoms with E-state index in [2.05, 4.69) is 5.32 Å². The van der Waals surface area contributed by atoms with Crippen LogP contribution in [0.3, 0.4) is 0 Å². The molecule has 0 saturated carbocycles. The van der Waals surface area contributed by atoms with E-state index >= 15 is 0 Å². The normalized spacial score (nSPS) is 19.4. The summed E-state index contributed by atoms with van der Waals surface area (Å²) in [5, 5.41) is 14.6. The van der Waals surface area contributed by atoms with E-state index in [4.69, 9.17) is 18.9 Å². The van der Waals surface area contributed by atoms with Crippen molar-refractivity contribution in [1.29, 1.82) is 0 Å². The molecule has 2 saturated heterocycles. The zero-order valence-electron chi connectivity index (χ0n) is 27.1. The second-order valence-corrected chi connectivity index (χ2v) is 14.5. The number of aliphatic hydroxyl groups excluding tert-OH is 1. The van der Waals surface area contributed by atoms with Crippen LogP contribution in [0.15, 0.2) is 53.4 Å². The number of rotatable bonds is 15. The van der Waals surface area contributed by atoms with E-state index in [0.29, 0.717) is 57.4 Å². The third-order valence-electron chi connectivity index (χ3n) is 8.52. The van der Waals surface area contributed by atoms with E-state index in [-0.39, 0.29) is 68.1 Å². The first-order valence-electron chi connectivity index (χ1n) is 16.2. The van der Waals surface area contributed by atoms with Crippen molar-refractivity contribution in [3.8, 4) is 11.5 Å². The van der Waals surface area contributed by atoms with Crippen molar-refractivity contribution in [3.63, 3.8) is 0 Å². The Morgan fingerprint density at radius 2 is 1.72 bits per heavy atom. The first-order chi connectivity index (χ1) is 22.6. The highest BCUT2D eigenvalue weighted by Crippen LogP contribution is 2.35. The summed E-state index contributed by atoms with van der Waals surface area (Å²) in [5.74, 6) is 0.316. The minimum absolute atomic E-state index is 0.0146. The van der Waals surface area contributed by atoms with Crippen molar-refractivity contribution >= 4 is 21.8 Å². The smallest absolute Gasteiger partial charge is 0.243 e. The highest BCUT2D eigenvalue weighted by Gasteiger charge is 2.34. The average molecular weight is 675 g/mol. The molecule has 3 aliphatic rings. The van der Waals surface area contributed by atoms with Crippen LogP contribution in [0.5, 0.6) is 11.5 Å². The Labute approximate surface area is 276 Å². The van der Waals surface area contributed by atoms with Gasteiger partial charge in [0.05, 0.1) is 50.0 Å². The fraction of sp³-hybridized carbons (Fsp3) is 0.576. The van der Waals surface area contributed by atoms with Gasteiger partial charge in [-0.3, -0.25) is 14.5 Å². The Morgan fingerprint density at radius 3 is 2.43 bits per heavy atom. The molecule has 0 radical (unpaired) electrons. The first-order valence-corrected chi connectivity index (χ1v) is 17.6. The van der Waals surface area contributed by atoms with Crippen LogP contribution in [0.4, 0.5) is 0 Å². The Balaban J connectivity index is 1.32. The SMILES string of the molecule is CC(C)CN(C[C@@H](O)[C@H](Cc1ccccc1)NC(=O)CN(CC(=O)N1CCOCC1)[C@@H]1CCOC1)S(=O)(=O)c1ccc2c(c1)OCO2. The molecular weight excluding hydrogens is 628 g/mol. The zero-order valence-corrected chi connectivity index (χ0v) is 27.9. The number of sulfonamides is 1. The van der Waals surface area contributed by atoms with Crippen LogP contribution in [0.25, 0.3) is 0 Å². The summed E-state index contributed by atoms with van der Waals surface area (Å²) in [6.45, 7) is 6.65. The lowest BCUT2D eigenvalue weighted by Gasteiger charge is -2.33. The third kappa shape index (κ3) is 9.42. The quantitative estimate of drug-likeness (QED) is 0.282. The van der Waals surface area contributed by atoms with Crippen molar-refractivity contribution in [1.82, 2.24) is 19.4 Å². The lowest BCUT2D eigenvalue weighted by molar-refractivity contribution is -0.137. The molecule has 14 heteroatoms. The summed E-state index contributed by atoms with van der Waals surface area (Å²) in [7, 11) is -4.05. The standard InChI is InChI=1S/C33H46N4O9S/c1-24(2)18-37(47(41,42)27-8-9-30-31(17-27)46-23-45-30)19-29(38)28(16-25-6-4-3-5-7-25)34-32(39)20-36(26-10-13-44-22-26)21-33(40)35-11-14-43-15-12-35/h3-9,17,24,26,28-29,38H,10-16,18-23H2,1-2H3,(H,34,39)/t26-,28+,29-/m1/s1. The van der Waals surface area contributed by atoms with E-state index in [1.54, 1.807) is 11.0 Å². The lowest BCUT2D eigenvalue weighted by atomic mass is 10.0. The molecule has 2 aromatic rings. The Bertz CT molecular complexity index is 1450. The molecule has 47 heavy (non-hydrogen) atoms. The molecule has 2 fully saturated rings. The number of nitrogens with one attached hydrogen (secondary N) is 1. The highest BCUT2D eigenvalue weighted by atomic mass is 32.2. The summed E-state index contributed by atoms with van der Waals surface area (Å²) in [6, 6.07) is 12.9. The first kappa shape index (κ1) is 35.0. The van der Waals surface area contributed by atoms with E-state index < -0.39 is 22.2 Å². The van der Waals surface area contributed by atoms with Crippen molar-refractivity contribution in [2.75, 3.05) is 72.5 Å². The van der Waals surface area contributed by atoms with Gasteiger partial charge in [0.25, 0.3) is 0 Å². The van der Waals surface area contributed by atoms with Gasteiger partial charge in [0.1, 0.15) is 0 Å². The van der Waals surface area contributed by atoms with Crippen LogP contribution < -0.4 is 14.8 Å². The number of fused-ring (bicyclic) bond motifs is 1. The van der Waals surface area contributed by atoms with E-state index in [9.17, 15) is 23.1 Å². The minimum atomic E-state index is -4.05. The molecule has 3 atom stereocenters. The second kappa shape index (κ2) is 16.2. The van der Waals surface area contributed by atoms with Crippen LogP contribution in [0.2, 0.25) is 0 Å². The fourth-order valence-corrected chi connectivity index (χ4v) is 7.64. The molecular formula is C33H46N4O9S. The molecule has 0 bridgehead atoms. The lowest BCUT2D eigenvalue weighted by Crippen LogP contribution is -2.55. The number of hydrogen-bond acceptors (Lipinski definition) is 10. The molecule has 3 aliphatic heterocycles. The Morgan fingerprint density at radius 1 is 0.979 bits per heavy atom. The summed E-state index contributed by atoms with van der Waals surface area (Å²) in [6.07, 6.45) is -0.284. The van der Waals surface area contributed by atoms with Crippen LogP contribution >= 0.6 is 0 Å². The van der Waals surface area contributed by atoms with Gasteiger partial charge in [-0.15, -0.1) is 0 Å². The van der Waals surface area contributed by atoms with Crippen LogP contribution in [0.1, 0.15) is 25.8 Å². The van der Waals surface area contributed by atoms with Gasteiger partial charge in [-0.25, -0.2) is 8.42 Å². The highest BCUT2D eigenvalue weighted by molar-refractivity contribution is 7.89. The number of carbonyl (C=O) groups excluding carboxylic acids is 2. The minimum Gasteiger partial charge on any atom is -0.454 e. The van der Waals surface area contributed by atoms with Gasteiger partial charge in [0, 0.05) is 44.9 Å². The zero-order chi connectivity index (χ0) is 33.4. The van der Waals surface area contributed by atoms with Crippen molar-refractivity contribution in [3.05, 3.63) is 54.1 Å². The summed E-state index contributed by atoms with van der Waals surface area (Å²) >= 11 is 0. The van der Waals surface area contributed by atoms with Gasteiger partial charge >= 0.3 is 0 Å². The number of aliphatic hydroxyl groups is 1. The monoisotopic (exact) mass is 674 g/mol. The van der Waals surface area contributed by atoms with Crippen molar-refractivity contribution < 1.29 is 42.1 Å². The summed E-state index contributed by atoms with van der Waals surface area (Å²) < 4.78 is 50.8. The van der Waals surface area contributed by atoms with Gasteiger partial charge in [-0.05, 0) is 36.5 Å². The van der Waals surface area contributed by atoms with E-state index in [1.165, 1.54) is 16.4 Å². The number of ether oxygens (including phenoxy) is 4. The molecule has 5 rings (SSSR count). The molecule has 13 nitrogen and oxygen atoms in total. The van der Waals surface area contributed by atoms with Gasteiger partial charge in [-0.1, -0.05) is 44.2 Å².